The molecule has 1 aromatic carbocycles. The molecule has 0 fully saturated rings. The number of hydrogen-bond acceptors (Lipinski definition) is 4. The van der Waals surface area contributed by atoms with Crippen LogP contribution in [0.3, 0.4) is 0 Å². The van der Waals surface area contributed by atoms with E-state index in [4.69, 9.17) is 4.74 Å². The normalized spacial score (nSPS) is 11.2. The molecule has 4 heteroatoms. The summed E-state index contributed by atoms with van der Waals surface area (Å²) in [6, 6.07) is 13.8. The molecule has 0 amide bonds. The molecule has 0 unspecified atom stereocenters. The minimum absolute atomic E-state index is 0.310. The molecule has 1 heterocycles. The minimum Gasteiger partial charge on any atom is -0.463 e. The third kappa shape index (κ3) is 5.08. The van der Waals surface area contributed by atoms with Crippen molar-refractivity contribution in [1.82, 2.24) is 4.98 Å². The van der Waals surface area contributed by atoms with Gasteiger partial charge in [0.05, 0.1) is 6.61 Å². The number of benzene rings is 1. The highest BCUT2D eigenvalue weighted by molar-refractivity contribution is 8.07. The van der Waals surface area contributed by atoms with Crippen molar-refractivity contribution in [2.75, 3.05) is 6.61 Å². The Balaban J connectivity index is 2.14. The SMILES string of the molecule is CCOC(=O)C=C(SCc1cccnc1)c1ccccc1. The zero-order valence-corrected chi connectivity index (χ0v) is 12.7. The molecule has 0 radical (unpaired) electrons. The fourth-order valence-corrected chi connectivity index (χ4v) is 2.72. The summed E-state index contributed by atoms with van der Waals surface area (Å²) in [6.07, 6.45) is 5.14. The molecule has 0 bridgehead atoms. The third-order valence-corrected chi connectivity index (χ3v) is 3.85. The Morgan fingerprint density at radius 2 is 2.05 bits per heavy atom. The van der Waals surface area contributed by atoms with Gasteiger partial charge in [0.15, 0.2) is 0 Å². The smallest absolute Gasteiger partial charge is 0.331 e. The Labute approximate surface area is 129 Å². The molecule has 108 valence electrons. The van der Waals surface area contributed by atoms with Gasteiger partial charge in [-0.15, -0.1) is 11.8 Å². The summed E-state index contributed by atoms with van der Waals surface area (Å²) in [7, 11) is 0. The lowest BCUT2D eigenvalue weighted by Gasteiger charge is -2.08. The van der Waals surface area contributed by atoms with Crippen LogP contribution in [0, 0.1) is 0 Å². The molecule has 21 heavy (non-hydrogen) atoms. The van der Waals surface area contributed by atoms with E-state index >= 15 is 0 Å². The quantitative estimate of drug-likeness (QED) is 0.598. The van der Waals surface area contributed by atoms with Gasteiger partial charge in [0.2, 0.25) is 0 Å². The molecule has 0 saturated heterocycles. The van der Waals surface area contributed by atoms with Crippen LogP contribution in [0.5, 0.6) is 0 Å². The summed E-state index contributed by atoms with van der Waals surface area (Å²) in [6.45, 7) is 2.18. The summed E-state index contributed by atoms with van der Waals surface area (Å²) in [5.74, 6) is 0.448. The average molecular weight is 299 g/mol. The Hall–Kier alpha value is -2.07. The van der Waals surface area contributed by atoms with Crippen molar-refractivity contribution in [3.63, 3.8) is 0 Å². The molecule has 2 aromatic rings. The van der Waals surface area contributed by atoms with Crippen molar-refractivity contribution >= 4 is 22.6 Å². The van der Waals surface area contributed by atoms with Crippen LogP contribution < -0.4 is 0 Å². The second-order valence-corrected chi connectivity index (χ2v) is 5.29. The monoisotopic (exact) mass is 299 g/mol. The standard InChI is InChI=1S/C17H17NO2S/c1-2-20-17(19)11-16(15-8-4-3-5-9-15)21-13-14-7-6-10-18-12-14/h3-12H,2,13H2,1H3. The van der Waals surface area contributed by atoms with Crippen molar-refractivity contribution in [2.24, 2.45) is 0 Å². The summed E-state index contributed by atoms with van der Waals surface area (Å²) in [5.41, 5.74) is 2.13. The number of carbonyl (C=O) groups excluding carboxylic acids is 1. The maximum absolute atomic E-state index is 11.7. The van der Waals surface area contributed by atoms with Crippen molar-refractivity contribution in [1.29, 1.82) is 0 Å². The molecule has 0 aliphatic carbocycles. The molecule has 2 rings (SSSR count). The maximum atomic E-state index is 11.7. The van der Waals surface area contributed by atoms with Gasteiger partial charge in [-0.25, -0.2) is 4.79 Å². The molecule has 0 atom stereocenters. The highest BCUT2D eigenvalue weighted by Crippen LogP contribution is 2.30. The Kier molecular flexibility index (Phi) is 6.03. The van der Waals surface area contributed by atoms with Crippen LogP contribution in [0.25, 0.3) is 4.91 Å². The van der Waals surface area contributed by atoms with E-state index in [2.05, 4.69) is 4.98 Å². The van der Waals surface area contributed by atoms with E-state index in [0.717, 1.165) is 21.8 Å². The molecule has 0 N–H and O–H groups in total. The van der Waals surface area contributed by atoms with E-state index in [0.29, 0.717) is 6.61 Å². The van der Waals surface area contributed by atoms with Crippen molar-refractivity contribution in [3.05, 3.63) is 72.1 Å². The number of esters is 1. The fraction of sp³-hybridized carbons (Fsp3) is 0.176. The van der Waals surface area contributed by atoms with Gasteiger partial charge in [-0.2, -0.15) is 0 Å². The number of carbonyl (C=O) groups is 1. The largest absolute Gasteiger partial charge is 0.463 e. The number of aromatic nitrogens is 1. The molecule has 0 aliphatic heterocycles. The highest BCUT2D eigenvalue weighted by Gasteiger charge is 2.07. The van der Waals surface area contributed by atoms with E-state index < -0.39 is 0 Å². The molecular weight excluding hydrogens is 282 g/mol. The predicted octanol–water partition coefficient (Wildman–Crippen LogP) is 3.92. The van der Waals surface area contributed by atoms with Gasteiger partial charge in [0, 0.05) is 29.1 Å². The number of rotatable bonds is 6. The molecule has 0 aliphatic rings. The first kappa shape index (κ1) is 15.3. The van der Waals surface area contributed by atoms with E-state index in [1.807, 2.05) is 48.7 Å². The Morgan fingerprint density at radius 3 is 2.71 bits per heavy atom. The van der Waals surface area contributed by atoms with Crippen LogP contribution in [0.4, 0.5) is 0 Å². The average Bonchev–Trinajstić information content (AvgIpc) is 2.53. The van der Waals surface area contributed by atoms with E-state index in [1.165, 1.54) is 0 Å². The lowest BCUT2D eigenvalue weighted by atomic mass is 10.2. The lowest BCUT2D eigenvalue weighted by molar-refractivity contribution is -0.137. The maximum Gasteiger partial charge on any atom is 0.331 e. The number of ether oxygens (including phenoxy) is 1. The van der Waals surface area contributed by atoms with E-state index in [9.17, 15) is 4.79 Å². The zero-order chi connectivity index (χ0) is 14.9. The van der Waals surface area contributed by atoms with Gasteiger partial charge in [0.1, 0.15) is 0 Å². The van der Waals surface area contributed by atoms with Crippen molar-refractivity contribution < 1.29 is 9.53 Å². The zero-order valence-electron chi connectivity index (χ0n) is 11.9. The summed E-state index contributed by atoms with van der Waals surface area (Å²) < 4.78 is 5.00. The number of thioether (sulfide) groups is 1. The fourth-order valence-electron chi connectivity index (χ4n) is 1.75. The summed E-state index contributed by atoms with van der Waals surface area (Å²) in [5, 5.41) is 0. The Bertz CT molecular complexity index is 597. The van der Waals surface area contributed by atoms with Crippen LogP contribution in [-0.4, -0.2) is 17.6 Å². The third-order valence-electron chi connectivity index (χ3n) is 2.71. The second-order valence-electron chi connectivity index (χ2n) is 4.28. The van der Waals surface area contributed by atoms with Crippen LogP contribution >= 0.6 is 11.8 Å². The van der Waals surface area contributed by atoms with Gasteiger partial charge >= 0.3 is 5.97 Å². The van der Waals surface area contributed by atoms with Crippen molar-refractivity contribution in [2.45, 2.75) is 12.7 Å². The topological polar surface area (TPSA) is 39.2 Å². The highest BCUT2D eigenvalue weighted by atomic mass is 32.2. The van der Waals surface area contributed by atoms with Crippen LogP contribution in [0.1, 0.15) is 18.1 Å². The van der Waals surface area contributed by atoms with Crippen molar-refractivity contribution in [3.8, 4) is 0 Å². The van der Waals surface area contributed by atoms with E-state index in [1.54, 1.807) is 31.0 Å². The Morgan fingerprint density at radius 1 is 1.24 bits per heavy atom. The van der Waals surface area contributed by atoms with E-state index in [-0.39, 0.29) is 5.97 Å². The summed E-state index contributed by atoms with van der Waals surface area (Å²) in [4.78, 5) is 16.7. The first-order chi connectivity index (χ1) is 10.3. The van der Waals surface area contributed by atoms with Gasteiger partial charge in [-0.3, -0.25) is 4.98 Å². The van der Waals surface area contributed by atoms with Gasteiger partial charge in [-0.1, -0.05) is 36.4 Å². The van der Waals surface area contributed by atoms with Gasteiger partial charge in [0.25, 0.3) is 0 Å². The number of pyridine rings is 1. The number of hydrogen-bond donors (Lipinski definition) is 0. The molecule has 0 saturated carbocycles. The molecule has 1 aromatic heterocycles. The van der Waals surface area contributed by atoms with Crippen LogP contribution in [0.2, 0.25) is 0 Å². The molecule has 3 nitrogen and oxygen atoms in total. The first-order valence-corrected chi connectivity index (χ1v) is 7.73. The number of nitrogens with zero attached hydrogens (tertiary/aromatic N) is 1. The molecular formula is C17H17NO2S. The lowest BCUT2D eigenvalue weighted by Crippen LogP contribution is -2.00. The van der Waals surface area contributed by atoms with Gasteiger partial charge < -0.3 is 4.74 Å². The minimum atomic E-state index is -0.310. The first-order valence-electron chi connectivity index (χ1n) is 6.75. The van der Waals surface area contributed by atoms with Gasteiger partial charge in [-0.05, 0) is 24.1 Å². The molecule has 0 spiro atoms. The van der Waals surface area contributed by atoms with Crippen LogP contribution in [-0.2, 0) is 15.3 Å². The second kappa shape index (κ2) is 8.27. The predicted molar refractivity (Wildman–Crippen MR) is 86.6 cm³/mol. The summed E-state index contributed by atoms with van der Waals surface area (Å²) >= 11 is 1.60. The van der Waals surface area contributed by atoms with Crippen LogP contribution in [0.15, 0.2) is 60.9 Å².